The molecule has 0 saturated carbocycles. The molecule has 0 radical (unpaired) electrons. The van der Waals surface area contributed by atoms with E-state index in [1.807, 2.05) is 42.0 Å². The number of methoxy groups -OCH3 is 1. The standard InChI is InChI=1S/C16H21N3O3/c1-3-18-10-13(12-6-4-5-7-14(12)18)16(21)19(8-9-22-2)11-15(17)20/h4-7,10H,3,8-9,11H2,1-2H3,(H2,17,20). The highest BCUT2D eigenvalue weighted by atomic mass is 16.5. The molecule has 1 heterocycles. The maximum Gasteiger partial charge on any atom is 0.256 e. The Balaban J connectivity index is 2.39. The van der Waals surface area contributed by atoms with Gasteiger partial charge in [0.15, 0.2) is 0 Å². The second-order valence-electron chi connectivity index (χ2n) is 5.03. The number of rotatable bonds is 7. The lowest BCUT2D eigenvalue weighted by atomic mass is 10.1. The molecule has 118 valence electrons. The molecule has 2 rings (SSSR count). The number of aryl methyl sites for hydroxylation is 1. The number of aromatic nitrogens is 1. The van der Waals surface area contributed by atoms with Gasteiger partial charge >= 0.3 is 0 Å². The lowest BCUT2D eigenvalue weighted by molar-refractivity contribution is -0.118. The fraction of sp³-hybridized carbons (Fsp3) is 0.375. The van der Waals surface area contributed by atoms with Crippen LogP contribution >= 0.6 is 0 Å². The molecule has 6 nitrogen and oxygen atoms in total. The van der Waals surface area contributed by atoms with E-state index in [1.54, 1.807) is 7.11 Å². The van der Waals surface area contributed by atoms with E-state index in [0.29, 0.717) is 18.7 Å². The van der Waals surface area contributed by atoms with Crippen LogP contribution in [0, 0.1) is 0 Å². The summed E-state index contributed by atoms with van der Waals surface area (Å²) in [5.74, 6) is -0.747. The number of amides is 2. The summed E-state index contributed by atoms with van der Waals surface area (Å²) in [4.78, 5) is 25.4. The molecule has 2 N–H and O–H groups in total. The largest absolute Gasteiger partial charge is 0.383 e. The average molecular weight is 303 g/mol. The van der Waals surface area contributed by atoms with Crippen molar-refractivity contribution >= 4 is 22.7 Å². The van der Waals surface area contributed by atoms with Gasteiger partial charge in [-0.25, -0.2) is 0 Å². The quantitative estimate of drug-likeness (QED) is 0.836. The average Bonchev–Trinajstić information content (AvgIpc) is 2.89. The third-order valence-electron chi connectivity index (χ3n) is 3.56. The van der Waals surface area contributed by atoms with E-state index in [-0.39, 0.29) is 12.5 Å². The van der Waals surface area contributed by atoms with E-state index < -0.39 is 5.91 Å². The highest BCUT2D eigenvalue weighted by molar-refractivity contribution is 6.07. The summed E-state index contributed by atoms with van der Waals surface area (Å²) in [6, 6.07) is 7.72. The predicted molar refractivity (Wildman–Crippen MR) is 84.6 cm³/mol. The first-order valence-electron chi connectivity index (χ1n) is 7.22. The van der Waals surface area contributed by atoms with Crippen molar-refractivity contribution in [1.29, 1.82) is 0 Å². The number of nitrogens with zero attached hydrogens (tertiary/aromatic N) is 2. The number of benzene rings is 1. The van der Waals surface area contributed by atoms with Gasteiger partial charge in [0.2, 0.25) is 5.91 Å². The van der Waals surface area contributed by atoms with Gasteiger partial charge in [0.25, 0.3) is 5.91 Å². The fourth-order valence-electron chi connectivity index (χ4n) is 2.49. The molecular weight excluding hydrogens is 282 g/mol. The molecule has 6 heteroatoms. The van der Waals surface area contributed by atoms with Crippen LogP contribution in [0.3, 0.4) is 0 Å². The maximum absolute atomic E-state index is 12.8. The molecule has 0 saturated heterocycles. The van der Waals surface area contributed by atoms with Crippen molar-refractivity contribution in [2.24, 2.45) is 5.73 Å². The Kier molecular flexibility index (Phi) is 5.16. The van der Waals surface area contributed by atoms with Gasteiger partial charge in [-0.2, -0.15) is 0 Å². The first kappa shape index (κ1) is 16.0. The first-order chi connectivity index (χ1) is 10.6. The van der Waals surface area contributed by atoms with E-state index in [9.17, 15) is 9.59 Å². The van der Waals surface area contributed by atoms with Gasteiger partial charge in [-0.05, 0) is 13.0 Å². The predicted octanol–water partition coefficient (Wildman–Crippen LogP) is 1.24. The van der Waals surface area contributed by atoms with Crippen molar-refractivity contribution in [3.63, 3.8) is 0 Å². The highest BCUT2D eigenvalue weighted by Gasteiger charge is 2.21. The summed E-state index contributed by atoms with van der Waals surface area (Å²) < 4.78 is 7.02. The first-order valence-corrected chi connectivity index (χ1v) is 7.22. The molecule has 0 unspecified atom stereocenters. The number of carbonyl (C=O) groups excluding carboxylic acids is 2. The third kappa shape index (κ3) is 3.28. The molecule has 1 aromatic carbocycles. The molecular formula is C16H21N3O3. The molecule has 0 fully saturated rings. The smallest absolute Gasteiger partial charge is 0.256 e. The van der Waals surface area contributed by atoms with Crippen LogP contribution in [0.5, 0.6) is 0 Å². The van der Waals surface area contributed by atoms with Crippen molar-refractivity contribution < 1.29 is 14.3 Å². The second kappa shape index (κ2) is 7.09. The topological polar surface area (TPSA) is 77.6 Å². The van der Waals surface area contributed by atoms with Gasteiger partial charge in [0.1, 0.15) is 0 Å². The van der Waals surface area contributed by atoms with E-state index in [2.05, 4.69) is 0 Å². The lowest BCUT2D eigenvalue weighted by Gasteiger charge is -2.20. The van der Waals surface area contributed by atoms with Crippen LogP contribution in [0.1, 0.15) is 17.3 Å². The number of primary amides is 1. The van der Waals surface area contributed by atoms with E-state index in [0.717, 1.165) is 17.4 Å². The van der Waals surface area contributed by atoms with Crippen molar-refractivity contribution in [3.05, 3.63) is 36.0 Å². The zero-order valence-corrected chi connectivity index (χ0v) is 12.9. The molecule has 0 aliphatic carbocycles. The minimum absolute atomic E-state index is 0.117. The number of hydrogen-bond acceptors (Lipinski definition) is 3. The van der Waals surface area contributed by atoms with Gasteiger partial charge in [0.05, 0.1) is 18.7 Å². The minimum Gasteiger partial charge on any atom is -0.383 e. The van der Waals surface area contributed by atoms with Crippen LogP contribution in [0.25, 0.3) is 10.9 Å². The summed E-state index contributed by atoms with van der Waals surface area (Å²) in [6.07, 6.45) is 1.83. The van der Waals surface area contributed by atoms with Gasteiger partial charge in [0, 0.05) is 37.3 Å². The molecule has 22 heavy (non-hydrogen) atoms. The van der Waals surface area contributed by atoms with Gasteiger partial charge in [-0.3, -0.25) is 9.59 Å². The summed E-state index contributed by atoms with van der Waals surface area (Å²) in [5.41, 5.74) is 6.82. The number of nitrogens with two attached hydrogens (primary N) is 1. The van der Waals surface area contributed by atoms with Crippen LogP contribution in [0.15, 0.2) is 30.5 Å². The molecule has 2 amide bonds. The molecule has 1 aromatic heterocycles. The van der Waals surface area contributed by atoms with Crippen LogP contribution < -0.4 is 5.73 Å². The number of carbonyl (C=O) groups is 2. The van der Waals surface area contributed by atoms with Crippen LogP contribution in [-0.2, 0) is 16.1 Å². The number of fused-ring (bicyclic) bond motifs is 1. The Morgan fingerprint density at radius 2 is 2.05 bits per heavy atom. The van der Waals surface area contributed by atoms with Gasteiger partial charge in [-0.15, -0.1) is 0 Å². The SMILES string of the molecule is CCn1cc(C(=O)N(CCOC)CC(N)=O)c2ccccc21. The van der Waals surface area contributed by atoms with Crippen LogP contribution in [-0.4, -0.2) is 48.1 Å². The zero-order chi connectivity index (χ0) is 16.1. The maximum atomic E-state index is 12.8. The van der Waals surface area contributed by atoms with Crippen LogP contribution in [0.4, 0.5) is 0 Å². The lowest BCUT2D eigenvalue weighted by Crippen LogP contribution is -2.40. The van der Waals surface area contributed by atoms with E-state index in [4.69, 9.17) is 10.5 Å². The monoisotopic (exact) mass is 303 g/mol. The van der Waals surface area contributed by atoms with Crippen molar-refractivity contribution in [1.82, 2.24) is 9.47 Å². The zero-order valence-electron chi connectivity index (χ0n) is 12.9. The van der Waals surface area contributed by atoms with E-state index in [1.165, 1.54) is 4.90 Å². The fourth-order valence-corrected chi connectivity index (χ4v) is 2.49. The van der Waals surface area contributed by atoms with Crippen molar-refractivity contribution in [2.75, 3.05) is 26.8 Å². The molecule has 0 aliphatic rings. The summed E-state index contributed by atoms with van der Waals surface area (Å²) in [6.45, 7) is 3.34. The molecule has 0 aliphatic heterocycles. The Morgan fingerprint density at radius 1 is 1.32 bits per heavy atom. The van der Waals surface area contributed by atoms with E-state index >= 15 is 0 Å². The summed E-state index contributed by atoms with van der Waals surface area (Å²) >= 11 is 0. The Morgan fingerprint density at radius 3 is 2.68 bits per heavy atom. The Bertz CT molecular complexity index is 678. The summed E-state index contributed by atoms with van der Waals surface area (Å²) in [5, 5.41) is 0.876. The second-order valence-corrected chi connectivity index (χ2v) is 5.03. The number of ether oxygens (including phenoxy) is 1. The summed E-state index contributed by atoms with van der Waals surface area (Å²) in [7, 11) is 1.55. The van der Waals surface area contributed by atoms with Crippen LogP contribution in [0.2, 0.25) is 0 Å². The van der Waals surface area contributed by atoms with Gasteiger partial charge < -0.3 is 19.9 Å². The van der Waals surface area contributed by atoms with Crippen molar-refractivity contribution in [3.8, 4) is 0 Å². The Hall–Kier alpha value is -2.34. The molecule has 2 aromatic rings. The number of hydrogen-bond donors (Lipinski definition) is 1. The molecule has 0 spiro atoms. The molecule has 0 atom stereocenters. The van der Waals surface area contributed by atoms with Crippen molar-refractivity contribution in [2.45, 2.75) is 13.5 Å². The minimum atomic E-state index is -0.538. The third-order valence-corrected chi connectivity index (χ3v) is 3.56. The Labute approximate surface area is 129 Å². The normalized spacial score (nSPS) is 10.8. The molecule has 0 bridgehead atoms. The van der Waals surface area contributed by atoms with Gasteiger partial charge in [-0.1, -0.05) is 18.2 Å². The number of para-hydroxylation sites is 1. The highest BCUT2D eigenvalue weighted by Crippen LogP contribution is 2.22.